The SMILES string of the molecule is COc1ccc(C(O)CN2CCCC(C)CC2)cc1. The molecule has 106 valence electrons. The van der Waals surface area contributed by atoms with Gasteiger partial charge in [0.2, 0.25) is 0 Å². The predicted molar refractivity (Wildman–Crippen MR) is 77.4 cm³/mol. The third-order valence-electron chi connectivity index (χ3n) is 4.04. The topological polar surface area (TPSA) is 32.7 Å². The van der Waals surface area contributed by atoms with E-state index in [0.29, 0.717) is 0 Å². The maximum absolute atomic E-state index is 10.3. The fraction of sp³-hybridized carbons (Fsp3) is 0.625. The molecule has 3 nitrogen and oxygen atoms in total. The second-order valence-corrected chi connectivity index (χ2v) is 5.63. The van der Waals surface area contributed by atoms with E-state index >= 15 is 0 Å². The molecule has 0 aromatic heterocycles. The standard InChI is InChI=1S/C16H25NO2/c1-13-4-3-10-17(11-9-13)12-16(18)14-5-7-15(19-2)8-6-14/h5-8,13,16,18H,3-4,9-12H2,1-2H3. The first-order valence-corrected chi connectivity index (χ1v) is 7.23. The van der Waals surface area contributed by atoms with E-state index in [2.05, 4.69) is 11.8 Å². The van der Waals surface area contributed by atoms with Gasteiger partial charge in [-0.2, -0.15) is 0 Å². The maximum atomic E-state index is 10.3. The van der Waals surface area contributed by atoms with Gasteiger partial charge in [-0.15, -0.1) is 0 Å². The van der Waals surface area contributed by atoms with E-state index in [-0.39, 0.29) is 0 Å². The van der Waals surface area contributed by atoms with Crippen molar-refractivity contribution in [2.45, 2.75) is 32.3 Å². The second-order valence-electron chi connectivity index (χ2n) is 5.63. The molecule has 1 fully saturated rings. The Balaban J connectivity index is 1.90. The molecule has 2 unspecified atom stereocenters. The van der Waals surface area contributed by atoms with Crippen LogP contribution in [0.1, 0.15) is 37.9 Å². The first-order valence-electron chi connectivity index (χ1n) is 7.23. The van der Waals surface area contributed by atoms with E-state index in [9.17, 15) is 5.11 Å². The van der Waals surface area contributed by atoms with Crippen LogP contribution in [0.25, 0.3) is 0 Å². The van der Waals surface area contributed by atoms with Gasteiger partial charge in [-0.25, -0.2) is 0 Å². The molecule has 2 atom stereocenters. The summed E-state index contributed by atoms with van der Waals surface area (Å²) in [5, 5.41) is 10.3. The number of nitrogens with zero attached hydrogens (tertiary/aromatic N) is 1. The van der Waals surface area contributed by atoms with Gasteiger partial charge in [-0.1, -0.05) is 19.1 Å². The molecule has 1 aromatic rings. The van der Waals surface area contributed by atoms with Gasteiger partial charge in [0.05, 0.1) is 13.2 Å². The van der Waals surface area contributed by atoms with E-state index in [0.717, 1.165) is 36.9 Å². The minimum Gasteiger partial charge on any atom is -0.497 e. The minimum absolute atomic E-state index is 0.403. The molecule has 1 saturated heterocycles. The zero-order valence-corrected chi connectivity index (χ0v) is 12.0. The number of rotatable bonds is 4. The third kappa shape index (κ3) is 4.22. The average molecular weight is 263 g/mol. The molecule has 1 heterocycles. The molecule has 1 N–H and O–H groups in total. The van der Waals surface area contributed by atoms with Crippen molar-refractivity contribution in [2.75, 3.05) is 26.7 Å². The van der Waals surface area contributed by atoms with Crippen molar-refractivity contribution in [3.05, 3.63) is 29.8 Å². The summed E-state index contributed by atoms with van der Waals surface area (Å²) in [7, 11) is 1.66. The molecule has 1 aliphatic rings. The fourth-order valence-corrected chi connectivity index (χ4v) is 2.68. The van der Waals surface area contributed by atoms with Crippen LogP contribution in [0.5, 0.6) is 5.75 Å². The first kappa shape index (κ1) is 14.4. The van der Waals surface area contributed by atoms with Crippen LogP contribution >= 0.6 is 0 Å². The lowest BCUT2D eigenvalue weighted by Gasteiger charge is -2.23. The summed E-state index contributed by atoms with van der Waals surface area (Å²) < 4.78 is 5.14. The predicted octanol–water partition coefficient (Wildman–Crippen LogP) is 2.85. The molecule has 0 radical (unpaired) electrons. The Hall–Kier alpha value is -1.06. The van der Waals surface area contributed by atoms with Crippen LogP contribution in [0.15, 0.2) is 24.3 Å². The number of likely N-dealkylation sites (tertiary alicyclic amines) is 1. The van der Waals surface area contributed by atoms with Crippen LogP contribution < -0.4 is 4.74 Å². The highest BCUT2D eigenvalue weighted by atomic mass is 16.5. The van der Waals surface area contributed by atoms with Crippen LogP contribution in [0.4, 0.5) is 0 Å². The average Bonchev–Trinajstić information content (AvgIpc) is 2.64. The fourth-order valence-electron chi connectivity index (χ4n) is 2.68. The summed E-state index contributed by atoms with van der Waals surface area (Å²) >= 11 is 0. The molecule has 1 aliphatic heterocycles. The van der Waals surface area contributed by atoms with Gasteiger partial charge in [0, 0.05) is 6.54 Å². The number of β-amino-alcohol motifs (C(OH)–C–C–N with tert-alkyl or cyclic N) is 1. The summed E-state index contributed by atoms with van der Waals surface area (Å²) in [5.74, 6) is 1.66. The van der Waals surface area contributed by atoms with Crippen molar-refractivity contribution in [1.29, 1.82) is 0 Å². The molecular formula is C16H25NO2. The van der Waals surface area contributed by atoms with Gasteiger partial charge in [0.1, 0.15) is 5.75 Å². The van der Waals surface area contributed by atoms with Crippen molar-refractivity contribution in [3.63, 3.8) is 0 Å². The van der Waals surface area contributed by atoms with Crippen molar-refractivity contribution in [2.24, 2.45) is 5.92 Å². The normalized spacial score (nSPS) is 22.8. The lowest BCUT2D eigenvalue weighted by Crippen LogP contribution is -2.29. The van der Waals surface area contributed by atoms with Gasteiger partial charge >= 0.3 is 0 Å². The van der Waals surface area contributed by atoms with Gasteiger partial charge in [0.15, 0.2) is 0 Å². The number of hydrogen-bond donors (Lipinski definition) is 1. The third-order valence-corrected chi connectivity index (χ3v) is 4.04. The maximum Gasteiger partial charge on any atom is 0.118 e. The largest absolute Gasteiger partial charge is 0.497 e. The summed E-state index contributed by atoms with van der Waals surface area (Å²) in [6.45, 7) is 5.27. The molecule has 0 amide bonds. The Kier molecular flexibility index (Phi) is 5.23. The molecule has 1 aromatic carbocycles. The Morgan fingerprint density at radius 3 is 2.68 bits per heavy atom. The Morgan fingerprint density at radius 2 is 2.00 bits per heavy atom. The Bertz CT molecular complexity index is 377. The van der Waals surface area contributed by atoms with Crippen molar-refractivity contribution < 1.29 is 9.84 Å². The number of aliphatic hydroxyl groups excluding tert-OH is 1. The smallest absolute Gasteiger partial charge is 0.118 e. The van der Waals surface area contributed by atoms with Crippen molar-refractivity contribution in [3.8, 4) is 5.75 Å². The zero-order chi connectivity index (χ0) is 13.7. The number of ether oxygens (including phenoxy) is 1. The van der Waals surface area contributed by atoms with Gasteiger partial charge < -0.3 is 14.7 Å². The highest BCUT2D eigenvalue weighted by Crippen LogP contribution is 2.21. The van der Waals surface area contributed by atoms with E-state index in [1.54, 1.807) is 7.11 Å². The number of methoxy groups -OCH3 is 1. The monoisotopic (exact) mass is 263 g/mol. The van der Waals surface area contributed by atoms with E-state index in [1.165, 1.54) is 19.3 Å². The van der Waals surface area contributed by atoms with E-state index < -0.39 is 6.10 Å². The summed E-state index contributed by atoms with van der Waals surface area (Å²) in [5.41, 5.74) is 0.970. The Morgan fingerprint density at radius 1 is 1.26 bits per heavy atom. The van der Waals surface area contributed by atoms with Gasteiger partial charge in [-0.05, 0) is 56.0 Å². The summed E-state index contributed by atoms with van der Waals surface area (Å²) in [6.07, 6.45) is 3.40. The Labute approximate surface area is 116 Å². The van der Waals surface area contributed by atoms with Crippen molar-refractivity contribution in [1.82, 2.24) is 4.90 Å². The summed E-state index contributed by atoms with van der Waals surface area (Å²) in [6, 6.07) is 7.71. The lowest BCUT2D eigenvalue weighted by atomic mass is 10.0. The zero-order valence-electron chi connectivity index (χ0n) is 12.0. The van der Waals surface area contributed by atoms with Crippen LogP contribution in [-0.2, 0) is 0 Å². The highest BCUT2D eigenvalue weighted by molar-refractivity contribution is 5.28. The van der Waals surface area contributed by atoms with Crippen molar-refractivity contribution >= 4 is 0 Å². The second kappa shape index (κ2) is 6.92. The number of benzene rings is 1. The van der Waals surface area contributed by atoms with E-state index in [4.69, 9.17) is 4.74 Å². The molecule has 0 saturated carbocycles. The molecule has 0 spiro atoms. The first-order chi connectivity index (χ1) is 9.19. The minimum atomic E-state index is -0.403. The molecule has 19 heavy (non-hydrogen) atoms. The van der Waals surface area contributed by atoms with E-state index in [1.807, 2.05) is 24.3 Å². The number of aliphatic hydroxyl groups is 1. The number of hydrogen-bond acceptors (Lipinski definition) is 3. The molecule has 0 aliphatic carbocycles. The lowest BCUT2D eigenvalue weighted by molar-refractivity contribution is 0.114. The van der Waals surface area contributed by atoms with Crippen LogP contribution in [-0.4, -0.2) is 36.8 Å². The van der Waals surface area contributed by atoms with Gasteiger partial charge in [0.25, 0.3) is 0 Å². The molecular weight excluding hydrogens is 238 g/mol. The quantitative estimate of drug-likeness (QED) is 0.906. The van der Waals surface area contributed by atoms with Gasteiger partial charge in [-0.3, -0.25) is 0 Å². The van der Waals surface area contributed by atoms with Crippen LogP contribution in [0.3, 0.4) is 0 Å². The molecule has 2 rings (SSSR count). The molecule has 0 bridgehead atoms. The molecule has 3 heteroatoms. The summed E-state index contributed by atoms with van der Waals surface area (Å²) in [4.78, 5) is 2.39. The van der Waals surface area contributed by atoms with Crippen LogP contribution in [0.2, 0.25) is 0 Å². The van der Waals surface area contributed by atoms with Crippen LogP contribution in [0, 0.1) is 5.92 Å². The highest BCUT2D eigenvalue weighted by Gasteiger charge is 2.17.